The van der Waals surface area contributed by atoms with Gasteiger partial charge in [-0.15, -0.1) is 0 Å². The number of hydrogen-bond donors (Lipinski definition) is 1. The number of aliphatic imine (C=N–C) groups is 2. The predicted molar refractivity (Wildman–Crippen MR) is 122 cm³/mol. The van der Waals surface area contributed by atoms with Gasteiger partial charge in [-0.05, 0) is 24.3 Å². The number of benzene rings is 3. The van der Waals surface area contributed by atoms with E-state index in [9.17, 15) is 14.9 Å². The molecule has 1 aliphatic rings. The second kappa shape index (κ2) is 8.86. The van der Waals surface area contributed by atoms with Crippen molar-refractivity contribution in [2.24, 2.45) is 15.7 Å². The van der Waals surface area contributed by atoms with Crippen LogP contribution < -0.4 is 10.8 Å². The number of halogens is 1. The Morgan fingerprint density at radius 1 is 1.09 bits per heavy atom. The fraction of sp³-hybridized carbons (Fsp3) is 0.0455. The number of anilines is 1. The smallest absolute Gasteiger partial charge is 0.333 e. The monoisotopic (exact) mass is 449 g/mol. The zero-order chi connectivity index (χ0) is 22.7. The summed E-state index contributed by atoms with van der Waals surface area (Å²) in [6.07, 6.45) is -1.05. The van der Waals surface area contributed by atoms with Crippen LogP contribution in [0.5, 0.6) is 0 Å². The molecule has 1 heterocycles. The molecular formula is C22H16ClN5O4. The van der Waals surface area contributed by atoms with Crippen LogP contribution in [0.1, 0.15) is 11.1 Å². The van der Waals surface area contributed by atoms with E-state index in [1.165, 1.54) is 18.2 Å². The van der Waals surface area contributed by atoms with Crippen molar-refractivity contribution in [3.63, 3.8) is 0 Å². The van der Waals surface area contributed by atoms with Crippen molar-refractivity contribution >= 4 is 46.3 Å². The van der Waals surface area contributed by atoms with Gasteiger partial charge in [-0.25, -0.2) is 9.79 Å². The summed E-state index contributed by atoms with van der Waals surface area (Å²) in [7, 11) is 0. The van der Waals surface area contributed by atoms with Crippen molar-refractivity contribution < 1.29 is 14.6 Å². The lowest BCUT2D eigenvalue weighted by Crippen LogP contribution is -2.37. The summed E-state index contributed by atoms with van der Waals surface area (Å²) in [6, 6.07) is 20.1. The minimum absolute atomic E-state index is 0.00645. The quantitative estimate of drug-likeness (QED) is 0.460. The fourth-order valence-electron chi connectivity index (χ4n) is 3.23. The van der Waals surface area contributed by atoms with E-state index >= 15 is 0 Å². The molecular weight excluding hydrogens is 434 g/mol. The van der Waals surface area contributed by atoms with E-state index < -0.39 is 11.0 Å². The van der Waals surface area contributed by atoms with Crippen LogP contribution in [0.15, 0.2) is 82.8 Å². The molecule has 32 heavy (non-hydrogen) atoms. The molecule has 1 aliphatic heterocycles. The lowest BCUT2D eigenvalue weighted by molar-refractivity contribution is -0.384. The summed E-state index contributed by atoms with van der Waals surface area (Å²) in [5.74, 6) is 0.243. The van der Waals surface area contributed by atoms with E-state index in [4.69, 9.17) is 22.2 Å². The SMILES string of the molecule is NC(=O)ON(C1=Nc2ccc([N+](=O)[O-])cc2C(c2ccccc2)=NC1)c1cccc(Cl)c1. The second-order valence-corrected chi connectivity index (χ2v) is 7.14. The molecule has 9 nitrogen and oxygen atoms in total. The number of carbonyl (C=O) groups is 1. The van der Waals surface area contributed by atoms with Crippen LogP contribution in [-0.4, -0.2) is 29.1 Å². The van der Waals surface area contributed by atoms with E-state index in [0.29, 0.717) is 27.7 Å². The maximum atomic E-state index is 11.6. The third kappa shape index (κ3) is 4.42. The van der Waals surface area contributed by atoms with Crippen molar-refractivity contribution in [2.45, 2.75) is 0 Å². The number of amidine groups is 1. The average molecular weight is 450 g/mol. The Morgan fingerprint density at radius 3 is 2.56 bits per heavy atom. The van der Waals surface area contributed by atoms with Gasteiger partial charge >= 0.3 is 6.09 Å². The van der Waals surface area contributed by atoms with Crippen LogP contribution in [0.2, 0.25) is 5.02 Å². The first kappa shape index (κ1) is 21.0. The highest BCUT2D eigenvalue weighted by Crippen LogP contribution is 2.31. The second-order valence-electron chi connectivity index (χ2n) is 6.70. The molecule has 0 aliphatic carbocycles. The average Bonchev–Trinajstić information content (AvgIpc) is 2.97. The number of nitro benzene ring substituents is 1. The Balaban J connectivity index is 1.88. The summed E-state index contributed by atoms with van der Waals surface area (Å²) in [6.45, 7) is 0.00645. The number of amides is 1. The largest absolute Gasteiger partial charge is 0.429 e. The molecule has 0 saturated carbocycles. The van der Waals surface area contributed by atoms with Gasteiger partial charge in [0.25, 0.3) is 5.69 Å². The molecule has 4 rings (SSSR count). The number of nitrogens with zero attached hydrogens (tertiary/aromatic N) is 4. The van der Waals surface area contributed by atoms with Gasteiger partial charge in [-0.1, -0.05) is 48.0 Å². The van der Waals surface area contributed by atoms with Crippen LogP contribution in [0.4, 0.5) is 21.9 Å². The van der Waals surface area contributed by atoms with E-state index in [1.54, 1.807) is 24.3 Å². The number of nitrogens with two attached hydrogens (primary N) is 1. The molecule has 0 fully saturated rings. The van der Waals surface area contributed by atoms with Crippen molar-refractivity contribution in [1.82, 2.24) is 0 Å². The van der Waals surface area contributed by atoms with Gasteiger partial charge in [0.15, 0.2) is 5.84 Å². The maximum absolute atomic E-state index is 11.6. The van der Waals surface area contributed by atoms with Crippen molar-refractivity contribution in [3.05, 3.63) is 99.1 Å². The third-order valence-electron chi connectivity index (χ3n) is 4.58. The minimum atomic E-state index is -1.05. The molecule has 0 aromatic heterocycles. The van der Waals surface area contributed by atoms with E-state index in [2.05, 4.69) is 9.98 Å². The summed E-state index contributed by atoms with van der Waals surface area (Å²) in [5.41, 5.74) is 7.78. The number of hydrogen-bond acceptors (Lipinski definition) is 7. The topological polar surface area (TPSA) is 123 Å². The lowest BCUT2D eigenvalue weighted by Gasteiger charge is -2.22. The van der Waals surface area contributed by atoms with Gasteiger partial charge in [-0.3, -0.25) is 15.1 Å². The van der Waals surface area contributed by atoms with Crippen LogP contribution in [0.3, 0.4) is 0 Å². The van der Waals surface area contributed by atoms with Crippen molar-refractivity contribution in [3.8, 4) is 0 Å². The molecule has 0 saturated heterocycles. The van der Waals surface area contributed by atoms with Crippen LogP contribution in [0, 0.1) is 10.1 Å². The molecule has 3 aromatic carbocycles. The first-order valence-electron chi connectivity index (χ1n) is 9.42. The Labute approximate surface area is 187 Å². The van der Waals surface area contributed by atoms with Crippen LogP contribution in [-0.2, 0) is 4.84 Å². The van der Waals surface area contributed by atoms with E-state index in [0.717, 1.165) is 10.6 Å². The van der Waals surface area contributed by atoms with E-state index in [-0.39, 0.29) is 18.1 Å². The number of fused-ring (bicyclic) bond motifs is 1. The Bertz CT molecular complexity index is 1260. The molecule has 0 bridgehead atoms. The van der Waals surface area contributed by atoms with Crippen LogP contribution in [0.25, 0.3) is 0 Å². The van der Waals surface area contributed by atoms with Crippen molar-refractivity contribution in [2.75, 3.05) is 11.6 Å². The fourth-order valence-corrected chi connectivity index (χ4v) is 3.42. The maximum Gasteiger partial charge on any atom is 0.429 e. The normalized spacial score (nSPS) is 12.7. The molecule has 0 unspecified atom stereocenters. The number of nitro groups is 1. The summed E-state index contributed by atoms with van der Waals surface area (Å²) in [4.78, 5) is 37.0. The number of non-ortho nitro benzene ring substituents is 1. The highest BCUT2D eigenvalue weighted by Gasteiger charge is 2.24. The number of rotatable bonds is 3. The molecule has 3 aromatic rings. The minimum Gasteiger partial charge on any atom is -0.333 e. The number of primary amides is 1. The Hall–Kier alpha value is -4.24. The summed E-state index contributed by atoms with van der Waals surface area (Å²) >= 11 is 6.10. The number of carbonyl (C=O) groups excluding carboxylic acids is 1. The summed E-state index contributed by atoms with van der Waals surface area (Å²) in [5, 5.41) is 12.9. The zero-order valence-electron chi connectivity index (χ0n) is 16.5. The zero-order valence-corrected chi connectivity index (χ0v) is 17.3. The number of hydroxylamine groups is 1. The lowest BCUT2D eigenvalue weighted by atomic mass is 10.00. The first-order chi connectivity index (χ1) is 15.4. The molecule has 0 atom stereocenters. The van der Waals surface area contributed by atoms with Gasteiger partial charge in [0, 0.05) is 28.3 Å². The molecule has 1 amide bonds. The Morgan fingerprint density at radius 2 is 1.88 bits per heavy atom. The van der Waals surface area contributed by atoms with Gasteiger partial charge in [0.05, 0.1) is 22.0 Å². The predicted octanol–water partition coefficient (Wildman–Crippen LogP) is 4.65. The highest BCUT2D eigenvalue weighted by molar-refractivity contribution is 6.31. The van der Waals surface area contributed by atoms with Gasteiger partial charge < -0.3 is 10.6 Å². The third-order valence-corrected chi connectivity index (χ3v) is 4.81. The molecule has 0 spiro atoms. The highest BCUT2D eigenvalue weighted by atomic mass is 35.5. The molecule has 2 N–H and O–H groups in total. The van der Waals surface area contributed by atoms with Crippen molar-refractivity contribution in [1.29, 1.82) is 0 Å². The molecule has 0 radical (unpaired) electrons. The van der Waals surface area contributed by atoms with Crippen LogP contribution >= 0.6 is 11.6 Å². The Kier molecular flexibility index (Phi) is 5.82. The van der Waals surface area contributed by atoms with Gasteiger partial charge in [-0.2, -0.15) is 5.06 Å². The summed E-state index contributed by atoms with van der Waals surface area (Å²) < 4.78 is 0. The standard InChI is InChI=1S/C22H16ClN5O4/c23-15-7-4-8-16(11-15)27(32-22(24)29)20-13-25-21(14-5-2-1-3-6-14)18-12-17(28(30)31)9-10-19(18)26-20/h1-12H,13H2,(H2,24,29). The molecule has 10 heteroatoms. The van der Waals surface area contributed by atoms with Gasteiger partial charge in [0.1, 0.15) is 6.54 Å². The molecule has 160 valence electrons. The van der Waals surface area contributed by atoms with Gasteiger partial charge in [0.2, 0.25) is 0 Å². The van der Waals surface area contributed by atoms with E-state index in [1.807, 2.05) is 30.3 Å². The first-order valence-corrected chi connectivity index (χ1v) is 9.79.